The van der Waals surface area contributed by atoms with Crippen molar-refractivity contribution in [3.63, 3.8) is 0 Å². The topological polar surface area (TPSA) is 67.9 Å². The van der Waals surface area contributed by atoms with E-state index >= 15 is 0 Å². The van der Waals surface area contributed by atoms with Crippen molar-refractivity contribution in [3.8, 4) is 11.1 Å². The van der Waals surface area contributed by atoms with E-state index in [0.717, 1.165) is 16.7 Å². The van der Waals surface area contributed by atoms with Gasteiger partial charge in [0.1, 0.15) is 10.6 Å². The average molecular weight is 417 g/mol. The lowest BCUT2D eigenvalue weighted by Crippen LogP contribution is -2.48. The van der Waals surface area contributed by atoms with Crippen LogP contribution in [0.3, 0.4) is 0 Å². The van der Waals surface area contributed by atoms with Gasteiger partial charge in [-0.1, -0.05) is 18.2 Å². The maximum absolute atomic E-state index is 12.7. The molecule has 3 rings (SSSR count). The molecule has 2 atom stereocenters. The van der Waals surface area contributed by atoms with Crippen molar-refractivity contribution in [3.05, 3.63) is 40.3 Å². The number of ether oxygens (including phenoxy) is 2. The van der Waals surface area contributed by atoms with Crippen LogP contribution in [0.2, 0.25) is 0 Å². The molecule has 1 aromatic carbocycles. The maximum atomic E-state index is 12.7. The summed E-state index contributed by atoms with van der Waals surface area (Å²) in [5.74, 6) is -0.603. The number of hydrogen-bond acceptors (Lipinski definition) is 6. The van der Waals surface area contributed by atoms with Gasteiger partial charge in [0.2, 0.25) is 5.91 Å². The fourth-order valence-corrected chi connectivity index (χ4v) is 4.63. The molecule has 6 nitrogen and oxygen atoms in total. The van der Waals surface area contributed by atoms with Crippen LogP contribution >= 0.6 is 11.3 Å². The fourth-order valence-electron chi connectivity index (χ4n) is 3.66. The van der Waals surface area contributed by atoms with Crippen molar-refractivity contribution >= 4 is 28.2 Å². The zero-order chi connectivity index (χ0) is 21.1. The lowest BCUT2D eigenvalue weighted by atomic mass is 9.99. The summed E-state index contributed by atoms with van der Waals surface area (Å²) < 4.78 is 10.7. The minimum absolute atomic E-state index is 0.0929. The molecule has 1 aromatic heterocycles. The average Bonchev–Trinajstić information content (AvgIpc) is 3.05. The van der Waals surface area contributed by atoms with Crippen molar-refractivity contribution < 1.29 is 19.1 Å². The van der Waals surface area contributed by atoms with Gasteiger partial charge in [0.15, 0.2) is 0 Å². The van der Waals surface area contributed by atoms with E-state index < -0.39 is 5.97 Å². The van der Waals surface area contributed by atoms with Crippen molar-refractivity contribution in [1.29, 1.82) is 0 Å². The lowest BCUT2D eigenvalue weighted by Gasteiger charge is -2.34. The summed E-state index contributed by atoms with van der Waals surface area (Å²) in [4.78, 5) is 27.2. The van der Waals surface area contributed by atoms with Gasteiger partial charge in [-0.05, 0) is 44.4 Å². The highest BCUT2D eigenvalue weighted by Crippen LogP contribution is 2.36. The van der Waals surface area contributed by atoms with Gasteiger partial charge in [-0.25, -0.2) is 4.79 Å². The maximum Gasteiger partial charge on any atom is 0.341 e. The summed E-state index contributed by atoms with van der Waals surface area (Å²) in [5.41, 5.74) is 4.43. The predicted molar refractivity (Wildman–Crippen MR) is 116 cm³/mol. The number of methoxy groups -OCH3 is 1. The number of nitrogens with one attached hydrogen (secondary N) is 1. The minimum atomic E-state index is -0.455. The molecule has 1 fully saturated rings. The van der Waals surface area contributed by atoms with E-state index in [2.05, 4.69) is 10.2 Å². The smallest absolute Gasteiger partial charge is 0.341 e. The molecule has 0 spiro atoms. The first-order valence-electron chi connectivity index (χ1n) is 9.73. The van der Waals surface area contributed by atoms with Gasteiger partial charge in [0.25, 0.3) is 0 Å². The molecule has 1 saturated heterocycles. The highest BCUT2D eigenvalue weighted by molar-refractivity contribution is 7.15. The third-order valence-corrected chi connectivity index (χ3v) is 6.01. The van der Waals surface area contributed by atoms with Crippen LogP contribution in [0.25, 0.3) is 11.1 Å². The molecule has 0 saturated carbocycles. The second-order valence-corrected chi connectivity index (χ2v) is 8.52. The van der Waals surface area contributed by atoms with Crippen molar-refractivity contribution in [1.82, 2.24) is 4.90 Å². The Morgan fingerprint density at radius 3 is 2.52 bits per heavy atom. The molecule has 0 radical (unpaired) electrons. The number of benzene rings is 1. The summed E-state index contributed by atoms with van der Waals surface area (Å²) in [6, 6.07) is 6.06. The van der Waals surface area contributed by atoms with E-state index in [9.17, 15) is 9.59 Å². The Kier molecular flexibility index (Phi) is 6.72. The number of carbonyl (C=O) groups excluding carboxylic acids is 2. The minimum Gasteiger partial charge on any atom is -0.465 e. The first-order chi connectivity index (χ1) is 13.8. The SMILES string of the molecule is COC(=O)c1c(-c2ccc(C)c(C)c2)csc1NC(=O)CN1C[C@@H](C)O[C@H](C)C1. The van der Waals surface area contributed by atoms with E-state index in [1.807, 2.05) is 51.3 Å². The van der Waals surface area contributed by atoms with E-state index in [-0.39, 0.29) is 24.7 Å². The first kappa shape index (κ1) is 21.5. The van der Waals surface area contributed by atoms with Gasteiger partial charge in [0, 0.05) is 24.0 Å². The van der Waals surface area contributed by atoms with E-state index in [1.54, 1.807) is 0 Å². The van der Waals surface area contributed by atoms with E-state index in [1.165, 1.54) is 24.0 Å². The first-order valence-corrected chi connectivity index (χ1v) is 10.6. The molecule has 1 N–H and O–H groups in total. The van der Waals surface area contributed by atoms with Crippen LogP contribution in [0.4, 0.5) is 5.00 Å². The van der Waals surface area contributed by atoms with Gasteiger partial charge in [-0.15, -0.1) is 11.3 Å². The Balaban J connectivity index is 1.82. The molecule has 2 aromatic rings. The third-order valence-electron chi connectivity index (χ3n) is 5.11. The number of hydrogen-bond donors (Lipinski definition) is 1. The second-order valence-electron chi connectivity index (χ2n) is 7.64. The molecule has 2 heterocycles. The summed E-state index contributed by atoms with van der Waals surface area (Å²) in [7, 11) is 1.35. The number of nitrogens with zero attached hydrogens (tertiary/aromatic N) is 1. The van der Waals surface area contributed by atoms with Gasteiger partial charge in [-0.2, -0.15) is 0 Å². The second kappa shape index (κ2) is 9.07. The fraction of sp³-hybridized carbons (Fsp3) is 0.455. The molecule has 0 aliphatic carbocycles. The normalized spacial score (nSPS) is 19.8. The summed E-state index contributed by atoms with van der Waals surface area (Å²) in [6.07, 6.45) is 0.186. The lowest BCUT2D eigenvalue weighted by molar-refractivity contribution is -0.121. The largest absolute Gasteiger partial charge is 0.465 e. The van der Waals surface area contributed by atoms with Crippen molar-refractivity contribution in [2.24, 2.45) is 0 Å². The quantitative estimate of drug-likeness (QED) is 0.750. The Bertz CT molecular complexity index is 898. The number of morpholine rings is 1. The Morgan fingerprint density at radius 1 is 1.21 bits per heavy atom. The van der Waals surface area contributed by atoms with Crippen molar-refractivity contribution in [2.45, 2.75) is 39.9 Å². The predicted octanol–water partition coefficient (Wildman–Crippen LogP) is 3.87. The highest BCUT2D eigenvalue weighted by Gasteiger charge is 2.26. The molecule has 1 aliphatic heterocycles. The van der Waals surface area contributed by atoms with Gasteiger partial charge >= 0.3 is 5.97 Å². The Hall–Kier alpha value is -2.22. The van der Waals surface area contributed by atoms with Crippen LogP contribution in [-0.2, 0) is 14.3 Å². The molecule has 156 valence electrons. The van der Waals surface area contributed by atoms with Crippen LogP contribution < -0.4 is 5.32 Å². The third kappa shape index (κ3) is 5.04. The van der Waals surface area contributed by atoms with E-state index in [0.29, 0.717) is 23.7 Å². The molecule has 1 amide bonds. The molecule has 1 aliphatic rings. The molecule has 0 unspecified atom stereocenters. The van der Waals surface area contributed by atoms with Gasteiger partial charge in [-0.3, -0.25) is 9.69 Å². The Labute approximate surface area is 175 Å². The monoisotopic (exact) mass is 416 g/mol. The molecule has 29 heavy (non-hydrogen) atoms. The number of esters is 1. The van der Waals surface area contributed by atoms with Crippen LogP contribution in [0, 0.1) is 13.8 Å². The van der Waals surface area contributed by atoms with E-state index in [4.69, 9.17) is 9.47 Å². The Morgan fingerprint density at radius 2 is 1.90 bits per heavy atom. The number of aryl methyl sites for hydroxylation is 2. The summed E-state index contributed by atoms with van der Waals surface area (Å²) in [5, 5.41) is 5.33. The number of rotatable bonds is 5. The highest BCUT2D eigenvalue weighted by atomic mass is 32.1. The number of amides is 1. The molecule has 7 heteroatoms. The zero-order valence-corrected chi connectivity index (χ0v) is 18.4. The van der Waals surface area contributed by atoms with Gasteiger partial charge in [0.05, 0.1) is 25.9 Å². The number of anilines is 1. The number of thiophene rings is 1. The summed E-state index contributed by atoms with van der Waals surface area (Å²) in [6.45, 7) is 9.77. The standard InChI is InChI=1S/C22H28N2O4S/c1-13-6-7-17(8-14(13)2)18-12-29-21(20(18)22(26)27-5)23-19(25)11-24-9-15(3)28-16(4)10-24/h6-8,12,15-16H,9-11H2,1-5H3,(H,23,25)/t15-,16-/m1/s1. The molecule has 0 bridgehead atoms. The van der Waals surface area contributed by atoms with Crippen LogP contribution in [0.1, 0.15) is 35.3 Å². The zero-order valence-electron chi connectivity index (χ0n) is 17.6. The number of carbonyl (C=O) groups is 2. The van der Waals surface area contributed by atoms with Crippen molar-refractivity contribution in [2.75, 3.05) is 32.1 Å². The molecular formula is C22H28N2O4S. The van der Waals surface area contributed by atoms with Crippen LogP contribution in [0.5, 0.6) is 0 Å². The summed E-state index contributed by atoms with van der Waals surface area (Å²) >= 11 is 1.34. The van der Waals surface area contributed by atoms with Gasteiger partial charge < -0.3 is 14.8 Å². The van der Waals surface area contributed by atoms with Crippen LogP contribution in [0.15, 0.2) is 23.6 Å². The van der Waals surface area contributed by atoms with Crippen LogP contribution in [-0.4, -0.2) is 55.7 Å². The molecular weight excluding hydrogens is 388 g/mol.